The molecule has 3 rings (SSSR count). The minimum absolute atomic E-state index is 0.222. The second-order valence-electron chi connectivity index (χ2n) is 7.12. The van der Waals surface area contributed by atoms with E-state index in [1.54, 1.807) is 36.4 Å². The van der Waals surface area contributed by atoms with E-state index in [1.807, 2.05) is 13.8 Å². The first-order chi connectivity index (χ1) is 13.2. The van der Waals surface area contributed by atoms with Crippen molar-refractivity contribution in [3.8, 4) is 6.07 Å². The fourth-order valence-corrected chi connectivity index (χ4v) is 4.60. The number of benzene rings is 2. The Hall–Kier alpha value is -1.91. The van der Waals surface area contributed by atoms with Crippen LogP contribution in [-0.2, 0) is 10.4 Å². The summed E-state index contributed by atoms with van der Waals surface area (Å²) in [5, 5.41) is 21.4. The number of anilines is 1. The average molecular weight is 463 g/mol. The van der Waals surface area contributed by atoms with Gasteiger partial charge in [0.05, 0.1) is 17.3 Å². The smallest absolute Gasteiger partial charge is 0.268 e. The van der Waals surface area contributed by atoms with Crippen LogP contribution in [0, 0.1) is 11.3 Å². The largest absolute Gasteiger partial charge is 0.372 e. The van der Waals surface area contributed by atoms with Crippen molar-refractivity contribution in [1.82, 2.24) is 0 Å². The number of halogens is 2. The van der Waals surface area contributed by atoms with Crippen LogP contribution in [0.3, 0.4) is 0 Å². The average Bonchev–Trinajstić information content (AvgIpc) is 2.90. The van der Waals surface area contributed by atoms with Crippen LogP contribution >= 0.6 is 27.5 Å². The highest BCUT2D eigenvalue weighted by atomic mass is 79.9. The molecule has 1 aliphatic rings. The highest BCUT2D eigenvalue weighted by molar-refractivity contribution is 9.10. The molecule has 2 aromatic carbocycles. The van der Waals surface area contributed by atoms with E-state index in [4.69, 9.17) is 17.3 Å². The monoisotopic (exact) mass is 461 g/mol. The van der Waals surface area contributed by atoms with Crippen molar-refractivity contribution in [3.63, 3.8) is 0 Å². The minimum Gasteiger partial charge on any atom is -0.372 e. The molecule has 1 heterocycles. The Morgan fingerprint density at radius 1 is 1.32 bits per heavy atom. The van der Waals surface area contributed by atoms with Crippen LogP contribution in [0.1, 0.15) is 43.4 Å². The summed E-state index contributed by atoms with van der Waals surface area (Å²) in [6.07, 6.45) is 1.32. The minimum atomic E-state index is -1.97. The van der Waals surface area contributed by atoms with Crippen molar-refractivity contribution in [1.29, 1.82) is 5.26 Å². The third kappa shape index (κ3) is 3.13. The number of nitrogens with zero attached hydrogens (tertiary/aromatic N) is 2. The summed E-state index contributed by atoms with van der Waals surface area (Å²) in [5.41, 5.74) is 5.41. The molecule has 0 spiro atoms. The molecule has 0 aromatic heterocycles. The molecular formula is C21H21BrClN3O2. The lowest BCUT2D eigenvalue weighted by molar-refractivity contribution is -0.132. The molecule has 0 fully saturated rings. The first kappa shape index (κ1) is 20.8. The van der Waals surface area contributed by atoms with Gasteiger partial charge in [-0.1, -0.05) is 59.6 Å². The van der Waals surface area contributed by atoms with Crippen molar-refractivity contribution in [2.24, 2.45) is 5.73 Å². The first-order valence-corrected chi connectivity index (χ1v) is 10.2. The van der Waals surface area contributed by atoms with Gasteiger partial charge in [0.25, 0.3) is 5.91 Å². The lowest BCUT2D eigenvalue weighted by Crippen LogP contribution is -2.52. The van der Waals surface area contributed by atoms with E-state index < -0.39 is 17.0 Å². The number of fused-ring (bicyclic) bond motifs is 1. The molecule has 2 aromatic rings. The van der Waals surface area contributed by atoms with E-state index in [9.17, 15) is 15.2 Å². The Bertz CT molecular complexity index is 984. The Labute approximate surface area is 177 Å². The van der Waals surface area contributed by atoms with Gasteiger partial charge in [-0.3, -0.25) is 4.79 Å². The van der Waals surface area contributed by atoms with Gasteiger partial charge in [-0.15, -0.1) is 0 Å². The van der Waals surface area contributed by atoms with Gasteiger partial charge in [0, 0.05) is 32.7 Å². The molecule has 0 saturated carbocycles. The van der Waals surface area contributed by atoms with E-state index in [-0.39, 0.29) is 11.6 Å². The molecule has 0 radical (unpaired) electrons. The lowest BCUT2D eigenvalue weighted by atomic mass is 9.87. The number of nitrogens with two attached hydrogens (primary N) is 1. The van der Waals surface area contributed by atoms with E-state index in [0.29, 0.717) is 39.7 Å². The molecular weight excluding hydrogens is 442 g/mol. The topological polar surface area (TPSA) is 90.3 Å². The predicted molar refractivity (Wildman–Crippen MR) is 113 cm³/mol. The number of nitriles is 1. The third-order valence-electron chi connectivity index (χ3n) is 5.55. The van der Waals surface area contributed by atoms with Crippen molar-refractivity contribution in [3.05, 3.63) is 62.6 Å². The van der Waals surface area contributed by atoms with Crippen LogP contribution in [0.15, 0.2) is 40.9 Å². The number of hydrogen-bond donors (Lipinski definition) is 2. The molecule has 1 amide bonds. The quantitative estimate of drug-likeness (QED) is 0.701. The maximum atomic E-state index is 13.6. The van der Waals surface area contributed by atoms with Crippen LogP contribution in [-0.4, -0.2) is 23.1 Å². The number of aliphatic hydroxyl groups is 1. The molecule has 5 nitrogen and oxygen atoms in total. The summed E-state index contributed by atoms with van der Waals surface area (Å²) in [6, 6.07) is 12.0. The van der Waals surface area contributed by atoms with E-state index in [0.717, 1.165) is 0 Å². The molecule has 0 saturated heterocycles. The zero-order valence-electron chi connectivity index (χ0n) is 15.7. The van der Waals surface area contributed by atoms with E-state index >= 15 is 0 Å². The lowest BCUT2D eigenvalue weighted by Gasteiger charge is -2.33. The SMILES string of the molecule is CCC(N)(CC)CN1C(=O)C(O)(c2ccccc2Cl)c2c(Br)cc(C#N)cc21. The molecule has 146 valence electrons. The number of carbonyl (C=O) groups excluding carboxylic acids is 1. The van der Waals surface area contributed by atoms with Crippen molar-refractivity contribution >= 4 is 39.1 Å². The van der Waals surface area contributed by atoms with Crippen LogP contribution in [0.2, 0.25) is 5.02 Å². The zero-order chi connectivity index (χ0) is 20.7. The van der Waals surface area contributed by atoms with Crippen molar-refractivity contribution in [2.75, 3.05) is 11.4 Å². The predicted octanol–water partition coefficient (Wildman–Crippen LogP) is 4.07. The van der Waals surface area contributed by atoms with Crippen LogP contribution in [0.5, 0.6) is 0 Å². The Balaban J connectivity index is 2.28. The Kier molecular flexibility index (Phi) is 5.57. The maximum absolute atomic E-state index is 13.6. The second-order valence-corrected chi connectivity index (χ2v) is 8.38. The van der Waals surface area contributed by atoms with Gasteiger partial charge in [-0.05, 0) is 31.0 Å². The van der Waals surface area contributed by atoms with Crippen LogP contribution in [0.4, 0.5) is 5.69 Å². The molecule has 0 bridgehead atoms. The van der Waals surface area contributed by atoms with Gasteiger partial charge in [-0.25, -0.2) is 0 Å². The second kappa shape index (κ2) is 7.49. The highest BCUT2D eigenvalue weighted by Crippen LogP contribution is 2.50. The summed E-state index contributed by atoms with van der Waals surface area (Å²) in [7, 11) is 0. The number of hydrogen-bond acceptors (Lipinski definition) is 4. The van der Waals surface area contributed by atoms with Crippen molar-refractivity contribution < 1.29 is 9.90 Å². The summed E-state index contributed by atoms with van der Waals surface area (Å²) in [4.78, 5) is 15.0. The molecule has 1 atom stereocenters. The van der Waals surface area contributed by atoms with E-state index in [2.05, 4.69) is 22.0 Å². The third-order valence-corrected chi connectivity index (χ3v) is 6.51. The fourth-order valence-electron chi connectivity index (χ4n) is 3.59. The first-order valence-electron chi connectivity index (χ1n) is 9.04. The van der Waals surface area contributed by atoms with E-state index in [1.165, 1.54) is 4.90 Å². The molecule has 3 N–H and O–H groups in total. The van der Waals surface area contributed by atoms with Gasteiger partial charge in [-0.2, -0.15) is 5.26 Å². The van der Waals surface area contributed by atoms with Gasteiger partial charge < -0.3 is 15.7 Å². The van der Waals surface area contributed by atoms with Crippen LogP contribution < -0.4 is 10.6 Å². The van der Waals surface area contributed by atoms with Gasteiger partial charge >= 0.3 is 0 Å². The summed E-state index contributed by atoms with van der Waals surface area (Å²) >= 11 is 9.79. The molecule has 7 heteroatoms. The van der Waals surface area contributed by atoms with Gasteiger partial charge in [0.2, 0.25) is 0 Å². The molecule has 1 unspecified atom stereocenters. The summed E-state index contributed by atoms with van der Waals surface area (Å²) in [6.45, 7) is 4.15. The van der Waals surface area contributed by atoms with Crippen LogP contribution in [0.25, 0.3) is 0 Å². The Morgan fingerprint density at radius 3 is 2.54 bits per heavy atom. The maximum Gasteiger partial charge on any atom is 0.268 e. The van der Waals surface area contributed by atoms with Gasteiger partial charge in [0.1, 0.15) is 0 Å². The summed E-state index contributed by atoms with van der Waals surface area (Å²) in [5.74, 6) is -0.525. The number of amides is 1. The number of carbonyl (C=O) groups is 1. The standard InChI is InChI=1S/C21H21BrClN3O2/c1-3-20(25,4-2)12-26-17-10-13(11-24)9-15(22)18(17)21(28,19(26)27)14-7-5-6-8-16(14)23/h5-10,28H,3-4,12,25H2,1-2H3. The molecule has 0 aliphatic carbocycles. The summed E-state index contributed by atoms with van der Waals surface area (Å²) < 4.78 is 0.468. The molecule has 1 aliphatic heterocycles. The zero-order valence-corrected chi connectivity index (χ0v) is 18.0. The number of rotatable bonds is 5. The fraction of sp³-hybridized carbons (Fsp3) is 0.333. The van der Waals surface area contributed by atoms with Crippen molar-refractivity contribution in [2.45, 2.75) is 37.8 Å². The Morgan fingerprint density at radius 2 is 1.96 bits per heavy atom. The molecule has 28 heavy (non-hydrogen) atoms. The van der Waals surface area contributed by atoms with Gasteiger partial charge in [0.15, 0.2) is 5.60 Å². The normalized spacial score (nSPS) is 18.9. The highest BCUT2D eigenvalue weighted by Gasteiger charge is 2.54.